The fourth-order valence-corrected chi connectivity index (χ4v) is 2.92. The summed E-state index contributed by atoms with van der Waals surface area (Å²) in [6.07, 6.45) is 0.771. The van der Waals surface area contributed by atoms with Crippen molar-refractivity contribution in [3.05, 3.63) is 29.3 Å². The number of rotatable bonds is 6. The summed E-state index contributed by atoms with van der Waals surface area (Å²) in [5, 5.41) is 3.41. The van der Waals surface area contributed by atoms with Crippen molar-refractivity contribution < 1.29 is 8.42 Å². The van der Waals surface area contributed by atoms with Crippen molar-refractivity contribution in [1.29, 1.82) is 0 Å². The van der Waals surface area contributed by atoms with Gasteiger partial charge in [0, 0.05) is 18.6 Å². The van der Waals surface area contributed by atoms with Gasteiger partial charge in [0.05, 0.1) is 4.90 Å². The molecule has 0 amide bonds. The van der Waals surface area contributed by atoms with Crippen molar-refractivity contribution in [3.8, 4) is 0 Å². The Kier molecular flexibility index (Phi) is 5.39. The summed E-state index contributed by atoms with van der Waals surface area (Å²) in [7, 11) is -0.00678. The largest absolute Gasteiger partial charge is 0.320 e. The van der Waals surface area contributed by atoms with Crippen LogP contribution >= 0.6 is 11.6 Å². The van der Waals surface area contributed by atoms with Gasteiger partial charge in [-0.2, -0.15) is 0 Å². The van der Waals surface area contributed by atoms with Gasteiger partial charge < -0.3 is 5.32 Å². The Morgan fingerprint density at radius 2 is 2.12 bits per heavy atom. The van der Waals surface area contributed by atoms with E-state index in [4.69, 9.17) is 11.6 Å². The van der Waals surface area contributed by atoms with Crippen molar-refractivity contribution in [2.24, 2.45) is 0 Å². The summed E-state index contributed by atoms with van der Waals surface area (Å²) >= 11 is 5.79. The van der Waals surface area contributed by atoms with Gasteiger partial charge in [-0.25, -0.2) is 12.7 Å². The molecule has 0 spiro atoms. The van der Waals surface area contributed by atoms with Crippen LogP contribution in [-0.2, 0) is 10.0 Å². The van der Waals surface area contributed by atoms with Crippen LogP contribution in [0.25, 0.3) is 0 Å². The Morgan fingerprint density at radius 1 is 1.41 bits per heavy atom. The van der Waals surface area contributed by atoms with Gasteiger partial charge in [-0.15, -0.1) is 0 Å². The smallest absolute Gasteiger partial charge is 0.242 e. The molecule has 4 nitrogen and oxygen atoms in total. The van der Waals surface area contributed by atoms with E-state index in [1.165, 1.54) is 10.4 Å². The fourth-order valence-electron chi connectivity index (χ4n) is 1.41. The minimum Gasteiger partial charge on any atom is -0.320 e. The maximum Gasteiger partial charge on any atom is 0.242 e. The highest BCUT2D eigenvalue weighted by molar-refractivity contribution is 7.89. The van der Waals surface area contributed by atoms with E-state index in [0.717, 1.165) is 13.0 Å². The van der Waals surface area contributed by atoms with Crippen molar-refractivity contribution in [3.63, 3.8) is 0 Å². The number of benzene rings is 1. The monoisotopic (exact) mass is 276 g/mol. The number of nitrogens with one attached hydrogen (secondary N) is 1. The van der Waals surface area contributed by atoms with Gasteiger partial charge in [0.2, 0.25) is 10.0 Å². The molecule has 0 aliphatic heterocycles. The second kappa shape index (κ2) is 6.35. The highest BCUT2D eigenvalue weighted by Gasteiger charge is 2.20. The Hall–Kier alpha value is -0.620. The Labute approximate surface area is 108 Å². The first kappa shape index (κ1) is 14.4. The molecule has 1 N–H and O–H groups in total. The topological polar surface area (TPSA) is 49.4 Å². The van der Waals surface area contributed by atoms with Crippen molar-refractivity contribution in [1.82, 2.24) is 9.62 Å². The summed E-state index contributed by atoms with van der Waals surface area (Å²) < 4.78 is 25.6. The first-order valence-corrected chi connectivity index (χ1v) is 7.17. The molecule has 17 heavy (non-hydrogen) atoms. The van der Waals surface area contributed by atoms with Crippen LogP contribution in [0.15, 0.2) is 29.2 Å². The van der Waals surface area contributed by atoms with Gasteiger partial charge in [-0.3, -0.25) is 0 Å². The minimum absolute atomic E-state index is 0.233. The van der Waals surface area contributed by atoms with Crippen LogP contribution in [0.2, 0.25) is 5.02 Å². The lowest BCUT2D eigenvalue weighted by molar-refractivity contribution is 0.458. The summed E-state index contributed by atoms with van der Waals surface area (Å²) in [5.41, 5.74) is 0. The van der Waals surface area contributed by atoms with Crippen LogP contribution in [0.5, 0.6) is 0 Å². The van der Waals surface area contributed by atoms with Crippen molar-refractivity contribution >= 4 is 21.6 Å². The highest BCUT2D eigenvalue weighted by Crippen LogP contribution is 2.18. The average molecular weight is 277 g/mol. The van der Waals surface area contributed by atoms with E-state index in [1.54, 1.807) is 25.2 Å². The zero-order valence-corrected chi connectivity index (χ0v) is 11.6. The zero-order valence-electron chi connectivity index (χ0n) is 9.98. The van der Waals surface area contributed by atoms with Gasteiger partial charge >= 0.3 is 0 Å². The molecule has 0 atom stereocenters. The molecular weight excluding hydrogens is 260 g/mol. The SMILES string of the molecule is CNCCCN(C)S(=O)(=O)c1cccc(Cl)c1. The Morgan fingerprint density at radius 3 is 2.71 bits per heavy atom. The summed E-state index contributed by atoms with van der Waals surface area (Å²) in [6.45, 7) is 1.27. The number of nitrogens with zero attached hydrogens (tertiary/aromatic N) is 1. The maximum atomic E-state index is 12.1. The standard InChI is InChI=1S/C11H17ClN2O2S/c1-13-7-4-8-14(2)17(15,16)11-6-3-5-10(12)9-11/h3,5-6,9,13H,4,7-8H2,1-2H3. The molecule has 1 aromatic carbocycles. The molecule has 0 aliphatic rings. The van der Waals surface area contributed by atoms with Gasteiger partial charge in [0.1, 0.15) is 0 Å². The molecule has 1 aromatic rings. The highest BCUT2D eigenvalue weighted by atomic mass is 35.5. The third-order valence-electron chi connectivity index (χ3n) is 2.40. The lowest BCUT2D eigenvalue weighted by Crippen LogP contribution is -2.29. The summed E-state index contributed by atoms with van der Waals surface area (Å²) in [5.74, 6) is 0. The molecule has 0 bridgehead atoms. The van der Waals surface area contributed by atoms with E-state index < -0.39 is 10.0 Å². The van der Waals surface area contributed by atoms with E-state index in [1.807, 2.05) is 7.05 Å². The zero-order chi connectivity index (χ0) is 12.9. The van der Waals surface area contributed by atoms with Crippen LogP contribution in [0, 0.1) is 0 Å². The van der Waals surface area contributed by atoms with Crippen molar-refractivity contribution in [2.75, 3.05) is 27.2 Å². The molecule has 0 aromatic heterocycles. The van der Waals surface area contributed by atoms with Gasteiger partial charge in [-0.05, 0) is 38.2 Å². The molecule has 0 saturated carbocycles. The molecule has 0 fully saturated rings. The van der Waals surface area contributed by atoms with Gasteiger partial charge in [0.15, 0.2) is 0 Å². The average Bonchev–Trinajstić information content (AvgIpc) is 2.29. The lowest BCUT2D eigenvalue weighted by atomic mass is 10.4. The number of sulfonamides is 1. The van der Waals surface area contributed by atoms with E-state index >= 15 is 0 Å². The number of hydrogen-bond acceptors (Lipinski definition) is 3. The van der Waals surface area contributed by atoms with E-state index in [9.17, 15) is 8.42 Å². The van der Waals surface area contributed by atoms with Crippen LogP contribution in [0.4, 0.5) is 0 Å². The summed E-state index contributed by atoms with van der Waals surface area (Å²) in [4.78, 5) is 0.233. The fraction of sp³-hybridized carbons (Fsp3) is 0.455. The van der Waals surface area contributed by atoms with Crippen LogP contribution in [-0.4, -0.2) is 39.9 Å². The third kappa shape index (κ3) is 3.96. The second-order valence-corrected chi connectivity index (χ2v) is 6.22. The number of halogens is 1. The lowest BCUT2D eigenvalue weighted by Gasteiger charge is -2.17. The quantitative estimate of drug-likeness (QED) is 0.803. The van der Waals surface area contributed by atoms with E-state index in [0.29, 0.717) is 11.6 Å². The molecule has 0 saturated heterocycles. The first-order chi connectivity index (χ1) is 7.98. The van der Waals surface area contributed by atoms with Crippen LogP contribution < -0.4 is 5.32 Å². The molecule has 96 valence electrons. The Balaban J connectivity index is 2.80. The predicted octanol–water partition coefficient (Wildman–Crippen LogP) is 1.57. The first-order valence-electron chi connectivity index (χ1n) is 5.35. The van der Waals surface area contributed by atoms with Gasteiger partial charge in [0.25, 0.3) is 0 Å². The molecule has 0 radical (unpaired) electrons. The van der Waals surface area contributed by atoms with Gasteiger partial charge in [-0.1, -0.05) is 17.7 Å². The second-order valence-electron chi connectivity index (χ2n) is 3.74. The molecule has 0 aliphatic carbocycles. The normalized spacial score (nSPS) is 12.0. The number of hydrogen-bond donors (Lipinski definition) is 1. The molecule has 0 heterocycles. The van der Waals surface area contributed by atoms with E-state index in [2.05, 4.69) is 5.32 Å². The molecule has 1 rings (SSSR count). The maximum absolute atomic E-state index is 12.1. The van der Waals surface area contributed by atoms with E-state index in [-0.39, 0.29) is 4.90 Å². The molecule has 6 heteroatoms. The minimum atomic E-state index is -3.42. The molecule has 0 unspecified atom stereocenters. The van der Waals surface area contributed by atoms with Crippen LogP contribution in [0.1, 0.15) is 6.42 Å². The third-order valence-corrected chi connectivity index (χ3v) is 4.49. The van der Waals surface area contributed by atoms with Crippen LogP contribution in [0.3, 0.4) is 0 Å². The van der Waals surface area contributed by atoms with Crippen molar-refractivity contribution in [2.45, 2.75) is 11.3 Å². The predicted molar refractivity (Wildman–Crippen MR) is 69.8 cm³/mol. The molecular formula is C11H17ClN2O2S. The Bertz CT molecular complexity index is 462. The summed E-state index contributed by atoms with van der Waals surface area (Å²) in [6, 6.07) is 6.31.